The van der Waals surface area contributed by atoms with Crippen LogP contribution in [0.15, 0.2) is 23.1 Å². The Hall–Kier alpha value is -1.44. The van der Waals surface area contributed by atoms with Gasteiger partial charge in [-0.15, -0.1) is 0 Å². The van der Waals surface area contributed by atoms with Crippen molar-refractivity contribution in [1.29, 1.82) is 0 Å². The number of carbonyl (C=O) groups is 1. The first-order valence-corrected chi connectivity index (χ1v) is 9.83. The van der Waals surface area contributed by atoms with Crippen LogP contribution in [-0.2, 0) is 21.2 Å². The van der Waals surface area contributed by atoms with Crippen LogP contribution >= 0.6 is 0 Å². The average molecular weight is 352 g/mol. The molecule has 6 nitrogen and oxygen atoms in total. The first-order valence-electron chi connectivity index (χ1n) is 8.39. The van der Waals surface area contributed by atoms with Crippen LogP contribution in [0.2, 0.25) is 0 Å². The third-order valence-corrected chi connectivity index (χ3v) is 7.04. The number of hydrogen-bond acceptors (Lipinski definition) is 4. The van der Waals surface area contributed by atoms with Gasteiger partial charge in [-0.1, -0.05) is 12.8 Å². The molecule has 1 aromatic rings. The molecule has 1 aliphatic carbocycles. The summed E-state index contributed by atoms with van der Waals surface area (Å²) >= 11 is 0. The molecule has 1 saturated carbocycles. The summed E-state index contributed by atoms with van der Waals surface area (Å²) < 4.78 is 27.2. The number of amides is 1. The van der Waals surface area contributed by atoms with E-state index in [0.29, 0.717) is 25.8 Å². The fourth-order valence-corrected chi connectivity index (χ4v) is 5.19. The number of anilines is 1. The number of fused-ring (bicyclic) bond motifs is 1. The molecule has 0 aromatic heterocycles. The van der Waals surface area contributed by atoms with Gasteiger partial charge in [0, 0.05) is 26.2 Å². The van der Waals surface area contributed by atoms with Gasteiger partial charge in [-0.05, 0) is 43.0 Å². The molecule has 1 aliphatic heterocycles. The van der Waals surface area contributed by atoms with Crippen molar-refractivity contribution >= 4 is 21.6 Å². The van der Waals surface area contributed by atoms with E-state index in [-0.39, 0.29) is 16.8 Å². The predicted octanol–water partition coefficient (Wildman–Crippen LogP) is 1.52. The first kappa shape index (κ1) is 17.4. The van der Waals surface area contributed by atoms with E-state index in [1.165, 1.54) is 11.2 Å². The summed E-state index contributed by atoms with van der Waals surface area (Å²) in [5.74, 6) is -0.0354. The third kappa shape index (κ3) is 2.96. The topological polar surface area (TPSA) is 77.9 Å². The van der Waals surface area contributed by atoms with E-state index < -0.39 is 16.1 Å². The first-order chi connectivity index (χ1) is 11.3. The van der Waals surface area contributed by atoms with E-state index in [9.17, 15) is 18.3 Å². The Kier molecular flexibility index (Phi) is 4.68. The molecule has 0 unspecified atom stereocenters. The maximum atomic E-state index is 12.9. The van der Waals surface area contributed by atoms with Crippen LogP contribution < -0.4 is 4.90 Å². The second-order valence-corrected chi connectivity index (χ2v) is 8.65. The number of hydrogen-bond donors (Lipinski definition) is 1. The lowest BCUT2D eigenvalue weighted by atomic mass is 9.93. The highest BCUT2D eigenvalue weighted by atomic mass is 32.2. The molecule has 7 heteroatoms. The Morgan fingerprint density at radius 3 is 2.67 bits per heavy atom. The number of nitrogens with zero attached hydrogens (tertiary/aromatic N) is 2. The molecule has 2 atom stereocenters. The zero-order valence-electron chi connectivity index (χ0n) is 14.1. The van der Waals surface area contributed by atoms with Crippen molar-refractivity contribution in [3.63, 3.8) is 0 Å². The highest BCUT2D eigenvalue weighted by molar-refractivity contribution is 7.89. The maximum absolute atomic E-state index is 12.9. The molecule has 0 radical (unpaired) electrons. The van der Waals surface area contributed by atoms with Crippen LogP contribution in [0.5, 0.6) is 0 Å². The second-order valence-electron chi connectivity index (χ2n) is 6.65. The zero-order chi connectivity index (χ0) is 17.5. The van der Waals surface area contributed by atoms with Gasteiger partial charge >= 0.3 is 0 Å². The fraction of sp³-hybridized carbons (Fsp3) is 0.588. The summed E-state index contributed by atoms with van der Waals surface area (Å²) in [4.78, 5) is 13.5. The SMILES string of the molecule is CC(=O)N1CCc2cc(S(=O)(=O)N(C)[C@@H]3CCCC[C@H]3O)ccc21. The third-order valence-electron chi connectivity index (χ3n) is 5.16. The lowest BCUT2D eigenvalue weighted by Gasteiger charge is -2.34. The van der Waals surface area contributed by atoms with Gasteiger partial charge in [0.05, 0.1) is 17.0 Å². The van der Waals surface area contributed by atoms with Crippen molar-refractivity contribution in [2.45, 2.75) is 56.1 Å². The predicted molar refractivity (Wildman–Crippen MR) is 91.4 cm³/mol. The van der Waals surface area contributed by atoms with Gasteiger partial charge in [0.15, 0.2) is 0 Å². The minimum Gasteiger partial charge on any atom is -0.391 e. The van der Waals surface area contributed by atoms with Gasteiger partial charge in [0.25, 0.3) is 0 Å². The summed E-state index contributed by atoms with van der Waals surface area (Å²) in [5, 5.41) is 10.2. The van der Waals surface area contributed by atoms with Crippen molar-refractivity contribution in [3.8, 4) is 0 Å². The van der Waals surface area contributed by atoms with Crippen molar-refractivity contribution in [2.24, 2.45) is 0 Å². The summed E-state index contributed by atoms with van der Waals surface area (Å²) in [6.07, 6.45) is 3.24. The Morgan fingerprint density at radius 1 is 1.29 bits per heavy atom. The molecule has 1 N–H and O–H groups in total. The maximum Gasteiger partial charge on any atom is 0.243 e. The minimum atomic E-state index is -3.66. The normalized spacial score (nSPS) is 24.2. The largest absolute Gasteiger partial charge is 0.391 e. The van der Waals surface area contributed by atoms with E-state index in [1.54, 1.807) is 30.1 Å². The molecule has 0 saturated heterocycles. The summed E-state index contributed by atoms with van der Waals surface area (Å²) in [6, 6.07) is 4.56. The van der Waals surface area contributed by atoms with Crippen molar-refractivity contribution < 1.29 is 18.3 Å². The Labute approximate surface area is 143 Å². The lowest BCUT2D eigenvalue weighted by molar-refractivity contribution is -0.116. The Bertz CT molecular complexity index is 747. The number of benzene rings is 1. The molecule has 24 heavy (non-hydrogen) atoms. The number of sulfonamides is 1. The van der Waals surface area contributed by atoms with Gasteiger partial charge in [0.1, 0.15) is 0 Å². The number of rotatable bonds is 3. The van der Waals surface area contributed by atoms with E-state index in [1.807, 2.05) is 0 Å². The van der Waals surface area contributed by atoms with Crippen LogP contribution in [0, 0.1) is 0 Å². The molecule has 0 spiro atoms. The molecule has 0 bridgehead atoms. The van der Waals surface area contributed by atoms with Crippen molar-refractivity contribution in [1.82, 2.24) is 4.31 Å². The molecule has 132 valence electrons. The van der Waals surface area contributed by atoms with Crippen molar-refractivity contribution in [2.75, 3.05) is 18.5 Å². The second kappa shape index (κ2) is 6.46. The zero-order valence-corrected chi connectivity index (χ0v) is 14.9. The molecular weight excluding hydrogens is 328 g/mol. The molecular formula is C17H24N2O4S. The fourth-order valence-electron chi connectivity index (χ4n) is 3.73. The average Bonchev–Trinajstić information content (AvgIpc) is 2.98. The quantitative estimate of drug-likeness (QED) is 0.895. The van der Waals surface area contributed by atoms with Gasteiger partial charge in [-0.2, -0.15) is 4.31 Å². The summed E-state index contributed by atoms with van der Waals surface area (Å²) in [7, 11) is -2.12. The van der Waals surface area contributed by atoms with E-state index in [4.69, 9.17) is 0 Å². The van der Waals surface area contributed by atoms with E-state index in [2.05, 4.69) is 0 Å². The number of likely N-dealkylation sites (N-methyl/N-ethyl adjacent to an activating group) is 1. The van der Waals surface area contributed by atoms with Crippen LogP contribution in [0.25, 0.3) is 0 Å². The molecule has 1 aromatic carbocycles. The van der Waals surface area contributed by atoms with Crippen LogP contribution in [0.4, 0.5) is 5.69 Å². The highest BCUT2D eigenvalue weighted by Gasteiger charge is 2.35. The number of aliphatic hydroxyl groups excluding tert-OH is 1. The monoisotopic (exact) mass is 352 g/mol. The van der Waals surface area contributed by atoms with Gasteiger partial charge < -0.3 is 10.0 Å². The van der Waals surface area contributed by atoms with E-state index in [0.717, 1.165) is 24.1 Å². The van der Waals surface area contributed by atoms with Crippen LogP contribution in [-0.4, -0.2) is 49.5 Å². The molecule has 1 fully saturated rings. The van der Waals surface area contributed by atoms with Crippen LogP contribution in [0.3, 0.4) is 0 Å². The Balaban J connectivity index is 1.89. The number of aliphatic hydroxyl groups is 1. The Morgan fingerprint density at radius 2 is 2.00 bits per heavy atom. The molecule has 2 aliphatic rings. The summed E-state index contributed by atoms with van der Waals surface area (Å²) in [6.45, 7) is 2.10. The van der Waals surface area contributed by atoms with Gasteiger partial charge in [-0.3, -0.25) is 4.79 Å². The van der Waals surface area contributed by atoms with Gasteiger partial charge in [-0.25, -0.2) is 8.42 Å². The van der Waals surface area contributed by atoms with Crippen LogP contribution in [0.1, 0.15) is 38.2 Å². The molecule has 3 rings (SSSR count). The highest BCUT2D eigenvalue weighted by Crippen LogP contribution is 2.32. The molecule has 1 amide bonds. The lowest BCUT2D eigenvalue weighted by Crippen LogP contribution is -2.46. The van der Waals surface area contributed by atoms with E-state index >= 15 is 0 Å². The smallest absolute Gasteiger partial charge is 0.243 e. The minimum absolute atomic E-state index is 0.0354. The summed E-state index contributed by atoms with van der Waals surface area (Å²) in [5.41, 5.74) is 1.67. The standard InChI is InChI=1S/C17H24N2O4S/c1-12(20)19-10-9-13-11-14(7-8-15(13)19)24(22,23)18(2)16-5-3-4-6-17(16)21/h7-8,11,16-17,21H,3-6,9-10H2,1-2H3/t16-,17-/m1/s1. The van der Waals surface area contributed by atoms with Crippen molar-refractivity contribution in [3.05, 3.63) is 23.8 Å². The molecule has 1 heterocycles. The number of carbonyl (C=O) groups excluding carboxylic acids is 1. The van der Waals surface area contributed by atoms with Gasteiger partial charge in [0.2, 0.25) is 15.9 Å².